The minimum Gasteiger partial charge on any atom is -0.394 e. The van der Waals surface area contributed by atoms with Crippen molar-refractivity contribution in [3.05, 3.63) is 0 Å². The van der Waals surface area contributed by atoms with Crippen molar-refractivity contribution in [2.24, 2.45) is 0 Å². The lowest BCUT2D eigenvalue weighted by Gasteiger charge is -2.40. The van der Waals surface area contributed by atoms with Gasteiger partial charge in [0.05, 0.1) is 19.8 Å². The molecule has 0 radical (unpaired) electrons. The van der Waals surface area contributed by atoms with Crippen LogP contribution >= 0.6 is 0 Å². The molecule has 1 unspecified atom stereocenters. The van der Waals surface area contributed by atoms with Crippen molar-refractivity contribution in [2.45, 2.75) is 54.8 Å². The summed E-state index contributed by atoms with van der Waals surface area (Å²) < 4.78 is 9.13. The summed E-state index contributed by atoms with van der Waals surface area (Å²) in [6.45, 7) is -1.69. The van der Waals surface area contributed by atoms with E-state index in [1.807, 2.05) is 0 Å². The fourth-order valence-electron chi connectivity index (χ4n) is 2.11. The molecule has 2 aliphatic heterocycles. The molecule has 2 heterocycles. The topological polar surface area (TPSA) is 221 Å². The second-order valence-corrected chi connectivity index (χ2v) is 5.54. The van der Waals surface area contributed by atoms with Gasteiger partial charge >= 0.3 is 0 Å². The zero-order valence-electron chi connectivity index (χ0n) is 12.5. The SMILES string of the molecule is OC[C@H]1OC(O)[C@H](O)[C@@H](O)[C@H]1O.OC[C@]1(O)OC[C@@H](O)[C@@H](O)[C@@H]1O. The lowest BCUT2D eigenvalue weighted by atomic mass is 9.98. The Labute approximate surface area is 136 Å². The lowest BCUT2D eigenvalue weighted by molar-refractivity contribution is -0.331. The molecule has 0 amide bonds. The van der Waals surface area contributed by atoms with Gasteiger partial charge in [-0.1, -0.05) is 0 Å². The molecule has 0 spiro atoms. The number of aliphatic hydroxyl groups is 10. The molecule has 2 rings (SSSR count). The third-order valence-corrected chi connectivity index (χ3v) is 3.78. The van der Waals surface area contributed by atoms with Gasteiger partial charge in [0, 0.05) is 0 Å². The van der Waals surface area contributed by atoms with E-state index in [4.69, 9.17) is 46.0 Å². The second kappa shape index (κ2) is 8.75. The summed E-state index contributed by atoms with van der Waals surface area (Å²) in [6.07, 6.45) is -11.5. The first-order chi connectivity index (χ1) is 11.1. The molecule has 24 heavy (non-hydrogen) atoms. The van der Waals surface area contributed by atoms with Crippen LogP contribution in [0.25, 0.3) is 0 Å². The summed E-state index contributed by atoms with van der Waals surface area (Å²) >= 11 is 0. The van der Waals surface area contributed by atoms with Crippen molar-refractivity contribution in [1.29, 1.82) is 0 Å². The molecule has 2 fully saturated rings. The van der Waals surface area contributed by atoms with E-state index in [0.717, 1.165) is 0 Å². The standard InChI is InChI=1S/2C6H12O6/c7-2-6(11)5(10)4(9)3(8)1-12-6;7-1-2-3(8)4(9)5(10)6(11)12-2/h3-5,7-11H,1-2H2;2-11H,1H2/t3-,4-,5+,6+;2-,3+,4+,5-,6?/m11/s1. The number of hydrogen-bond acceptors (Lipinski definition) is 12. The zero-order valence-corrected chi connectivity index (χ0v) is 12.5. The van der Waals surface area contributed by atoms with Crippen LogP contribution in [0.5, 0.6) is 0 Å². The van der Waals surface area contributed by atoms with Gasteiger partial charge in [-0.25, -0.2) is 0 Å². The monoisotopic (exact) mass is 360 g/mol. The van der Waals surface area contributed by atoms with Gasteiger partial charge in [-0.05, 0) is 0 Å². The third-order valence-electron chi connectivity index (χ3n) is 3.78. The van der Waals surface area contributed by atoms with Crippen molar-refractivity contribution < 1.29 is 60.5 Å². The van der Waals surface area contributed by atoms with Crippen LogP contribution < -0.4 is 0 Å². The van der Waals surface area contributed by atoms with Crippen LogP contribution in [0.1, 0.15) is 0 Å². The van der Waals surface area contributed by atoms with Crippen LogP contribution in [0.2, 0.25) is 0 Å². The zero-order chi connectivity index (χ0) is 18.7. The van der Waals surface area contributed by atoms with Crippen molar-refractivity contribution in [3.8, 4) is 0 Å². The maximum absolute atomic E-state index is 9.24. The molecule has 2 aliphatic rings. The summed E-state index contributed by atoms with van der Waals surface area (Å²) in [5.41, 5.74) is 0. The maximum atomic E-state index is 9.24. The fourth-order valence-corrected chi connectivity index (χ4v) is 2.11. The van der Waals surface area contributed by atoms with Crippen LogP contribution in [-0.2, 0) is 9.47 Å². The Bertz CT molecular complexity index is 378. The molecule has 0 aromatic carbocycles. The van der Waals surface area contributed by atoms with Gasteiger partial charge in [0.2, 0.25) is 5.79 Å². The van der Waals surface area contributed by atoms with Crippen molar-refractivity contribution in [1.82, 2.24) is 0 Å². The Morgan fingerprint density at radius 1 is 0.833 bits per heavy atom. The van der Waals surface area contributed by atoms with Crippen LogP contribution in [0.3, 0.4) is 0 Å². The average Bonchev–Trinajstić information content (AvgIpc) is 2.58. The van der Waals surface area contributed by atoms with Gasteiger partial charge < -0.3 is 60.5 Å². The van der Waals surface area contributed by atoms with E-state index in [0.29, 0.717) is 0 Å². The Kier molecular flexibility index (Phi) is 7.86. The number of hydrogen-bond donors (Lipinski definition) is 10. The summed E-state index contributed by atoms with van der Waals surface area (Å²) in [4.78, 5) is 0. The molecule has 2 saturated heterocycles. The van der Waals surface area contributed by atoms with Crippen LogP contribution in [-0.4, -0.2) is 126 Å². The predicted molar refractivity (Wildman–Crippen MR) is 72.0 cm³/mol. The summed E-state index contributed by atoms with van der Waals surface area (Å²) in [7, 11) is 0. The van der Waals surface area contributed by atoms with E-state index in [9.17, 15) is 5.11 Å². The van der Waals surface area contributed by atoms with Gasteiger partial charge in [0.15, 0.2) is 6.29 Å². The first-order valence-electron chi connectivity index (χ1n) is 7.09. The third kappa shape index (κ3) is 4.57. The maximum Gasteiger partial charge on any atom is 0.218 e. The smallest absolute Gasteiger partial charge is 0.218 e. The molecular weight excluding hydrogens is 336 g/mol. The van der Waals surface area contributed by atoms with Crippen LogP contribution in [0, 0.1) is 0 Å². The van der Waals surface area contributed by atoms with Gasteiger partial charge in [0.25, 0.3) is 0 Å². The van der Waals surface area contributed by atoms with E-state index in [2.05, 4.69) is 9.47 Å². The van der Waals surface area contributed by atoms with E-state index in [1.54, 1.807) is 0 Å². The molecule has 0 saturated carbocycles. The minimum absolute atomic E-state index is 0.324. The normalized spacial score (nSPS) is 49.2. The summed E-state index contributed by atoms with van der Waals surface area (Å²) in [6, 6.07) is 0. The largest absolute Gasteiger partial charge is 0.394 e. The summed E-state index contributed by atoms with van der Waals surface area (Å²) in [5.74, 6) is -2.17. The van der Waals surface area contributed by atoms with Crippen LogP contribution in [0.4, 0.5) is 0 Å². The van der Waals surface area contributed by atoms with Gasteiger partial charge in [-0.2, -0.15) is 0 Å². The Balaban J connectivity index is 0.000000240. The van der Waals surface area contributed by atoms with E-state index in [1.165, 1.54) is 0 Å². The molecule has 0 aromatic rings. The van der Waals surface area contributed by atoms with E-state index < -0.39 is 68.0 Å². The highest BCUT2D eigenvalue weighted by atomic mass is 16.7. The Morgan fingerprint density at radius 2 is 1.42 bits per heavy atom. The van der Waals surface area contributed by atoms with Crippen molar-refractivity contribution in [2.75, 3.05) is 19.8 Å². The molecule has 9 atom stereocenters. The highest BCUT2D eigenvalue weighted by Gasteiger charge is 2.48. The Morgan fingerprint density at radius 3 is 1.92 bits per heavy atom. The van der Waals surface area contributed by atoms with E-state index in [-0.39, 0.29) is 6.61 Å². The molecule has 10 N–H and O–H groups in total. The van der Waals surface area contributed by atoms with Gasteiger partial charge in [-0.3, -0.25) is 0 Å². The number of rotatable bonds is 2. The van der Waals surface area contributed by atoms with E-state index >= 15 is 0 Å². The first kappa shape index (κ1) is 21.6. The second-order valence-electron chi connectivity index (χ2n) is 5.54. The highest BCUT2D eigenvalue weighted by molar-refractivity contribution is 4.91. The molecule has 0 bridgehead atoms. The van der Waals surface area contributed by atoms with Crippen molar-refractivity contribution in [3.63, 3.8) is 0 Å². The fraction of sp³-hybridized carbons (Fsp3) is 1.00. The quantitative estimate of drug-likeness (QED) is 0.222. The first-order valence-corrected chi connectivity index (χ1v) is 7.09. The molecule has 12 heteroatoms. The van der Waals surface area contributed by atoms with Gasteiger partial charge in [-0.15, -0.1) is 0 Å². The molecule has 0 aliphatic carbocycles. The molecule has 0 aromatic heterocycles. The average molecular weight is 360 g/mol. The number of aliphatic hydroxyl groups excluding tert-OH is 9. The molecular formula is C12H24O12. The lowest BCUT2D eigenvalue weighted by Crippen LogP contribution is -2.62. The molecule has 12 nitrogen and oxygen atoms in total. The summed E-state index contributed by atoms with van der Waals surface area (Å²) in [5, 5.41) is 89.6. The van der Waals surface area contributed by atoms with Gasteiger partial charge in [0.1, 0.15) is 42.7 Å². The highest BCUT2D eigenvalue weighted by Crippen LogP contribution is 2.23. The van der Waals surface area contributed by atoms with Crippen LogP contribution in [0.15, 0.2) is 0 Å². The Hall–Kier alpha value is -0.480. The van der Waals surface area contributed by atoms with Crippen molar-refractivity contribution >= 4 is 0 Å². The predicted octanol–water partition coefficient (Wildman–Crippen LogP) is -6.44. The minimum atomic E-state index is -2.17. The molecule has 144 valence electrons. The number of ether oxygens (including phenoxy) is 2.